The van der Waals surface area contributed by atoms with E-state index >= 15 is 0 Å². The minimum atomic E-state index is -0.863. The summed E-state index contributed by atoms with van der Waals surface area (Å²) in [6.45, 7) is 1.56. The zero-order valence-electron chi connectivity index (χ0n) is 14.9. The molecule has 1 aliphatic rings. The fraction of sp³-hybridized carbons (Fsp3) is 0.300. The molecular formula is C20H19Cl2IN2O3. The van der Waals surface area contributed by atoms with Gasteiger partial charge in [-0.2, -0.15) is 0 Å². The molecule has 28 heavy (non-hydrogen) atoms. The largest absolute Gasteiger partial charge is 0.481 e. The average molecular weight is 533 g/mol. The minimum Gasteiger partial charge on any atom is -0.481 e. The molecule has 1 aliphatic heterocycles. The number of nitrogens with zero attached hydrogens (tertiary/aromatic N) is 2. The summed E-state index contributed by atoms with van der Waals surface area (Å²) in [4.78, 5) is 27.7. The van der Waals surface area contributed by atoms with Gasteiger partial charge in [0.15, 0.2) is 0 Å². The van der Waals surface area contributed by atoms with Crippen LogP contribution in [0.25, 0.3) is 0 Å². The molecule has 0 spiro atoms. The summed E-state index contributed by atoms with van der Waals surface area (Å²) in [6.07, 6.45) is 0.0144. The number of urea groups is 1. The van der Waals surface area contributed by atoms with E-state index in [1.807, 2.05) is 24.3 Å². The molecule has 148 valence electrons. The van der Waals surface area contributed by atoms with Crippen molar-refractivity contribution in [2.24, 2.45) is 5.92 Å². The third-order valence-electron chi connectivity index (χ3n) is 4.66. The Hall–Kier alpha value is -1.51. The van der Waals surface area contributed by atoms with Crippen LogP contribution >= 0.6 is 45.8 Å². The SMILES string of the molecule is O=C(O)CC1CN(Cc2ccc(Cl)cc2Cl)C(=O)N(Cc2ccccc2I)C1. The van der Waals surface area contributed by atoms with Crippen molar-refractivity contribution < 1.29 is 14.7 Å². The summed E-state index contributed by atoms with van der Waals surface area (Å²) in [7, 11) is 0. The van der Waals surface area contributed by atoms with Crippen molar-refractivity contribution in [3.8, 4) is 0 Å². The van der Waals surface area contributed by atoms with Gasteiger partial charge in [0.05, 0.1) is 6.42 Å². The van der Waals surface area contributed by atoms with Gasteiger partial charge < -0.3 is 14.9 Å². The highest BCUT2D eigenvalue weighted by atomic mass is 127. The fourth-order valence-electron chi connectivity index (χ4n) is 3.37. The highest BCUT2D eigenvalue weighted by Gasteiger charge is 2.33. The van der Waals surface area contributed by atoms with Crippen LogP contribution in [0.5, 0.6) is 0 Å². The van der Waals surface area contributed by atoms with Crippen LogP contribution in [0.4, 0.5) is 4.79 Å². The molecule has 0 aliphatic carbocycles. The van der Waals surface area contributed by atoms with E-state index in [1.165, 1.54) is 0 Å². The number of carboxylic acids is 1. The zero-order valence-corrected chi connectivity index (χ0v) is 18.6. The second kappa shape index (κ2) is 9.33. The van der Waals surface area contributed by atoms with Gasteiger partial charge in [0.1, 0.15) is 0 Å². The van der Waals surface area contributed by atoms with E-state index in [1.54, 1.807) is 28.0 Å². The van der Waals surface area contributed by atoms with Crippen molar-refractivity contribution in [3.05, 3.63) is 67.2 Å². The van der Waals surface area contributed by atoms with Crippen molar-refractivity contribution in [1.82, 2.24) is 9.80 Å². The lowest BCUT2D eigenvalue weighted by Gasteiger charge is -2.40. The normalized spacial score (nSPS) is 17.1. The van der Waals surface area contributed by atoms with E-state index in [0.29, 0.717) is 36.2 Å². The van der Waals surface area contributed by atoms with Crippen LogP contribution in [0, 0.1) is 9.49 Å². The van der Waals surface area contributed by atoms with E-state index < -0.39 is 5.97 Å². The van der Waals surface area contributed by atoms with E-state index in [0.717, 1.165) is 14.7 Å². The first-order chi connectivity index (χ1) is 13.3. The molecule has 2 amide bonds. The molecule has 2 aromatic rings. The van der Waals surface area contributed by atoms with E-state index in [9.17, 15) is 14.7 Å². The maximum Gasteiger partial charge on any atom is 0.320 e. The topological polar surface area (TPSA) is 60.9 Å². The Labute approximate surface area is 187 Å². The Morgan fingerprint density at radius 2 is 1.71 bits per heavy atom. The number of carbonyl (C=O) groups is 2. The summed E-state index contributed by atoms with van der Waals surface area (Å²) in [5.41, 5.74) is 1.82. The van der Waals surface area contributed by atoms with Gasteiger partial charge in [0.25, 0.3) is 0 Å². The van der Waals surface area contributed by atoms with Gasteiger partial charge in [-0.25, -0.2) is 4.79 Å². The number of hydrogen-bond donors (Lipinski definition) is 1. The molecule has 1 N–H and O–H groups in total. The van der Waals surface area contributed by atoms with Crippen molar-refractivity contribution in [2.45, 2.75) is 19.5 Å². The Bertz CT molecular complexity index is 894. The second-order valence-corrected chi connectivity index (χ2v) is 8.84. The summed E-state index contributed by atoms with van der Waals surface area (Å²) in [6, 6.07) is 12.9. The second-order valence-electron chi connectivity index (χ2n) is 6.83. The Morgan fingerprint density at radius 1 is 1.07 bits per heavy atom. The van der Waals surface area contributed by atoms with E-state index in [4.69, 9.17) is 23.2 Å². The van der Waals surface area contributed by atoms with Gasteiger partial charge in [-0.05, 0) is 51.9 Å². The van der Waals surface area contributed by atoms with Gasteiger partial charge in [-0.1, -0.05) is 47.5 Å². The molecule has 3 rings (SSSR count). The van der Waals surface area contributed by atoms with E-state index in [2.05, 4.69) is 22.6 Å². The minimum absolute atomic E-state index is 0.0144. The number of carboxylic acid groups (broad SMARTS) is 1. The van der Waals surface area contributed by atoms with Gasteiger partial charge in [0, 0.05) is 45.7 Å². The van der Waals surface area contributed by atoms with Crippen LogP contribution in [0.1, 0.15) is 17.5 Å². The van der Waals surface area contributed by atoms with Gasteiger partial charge in [-0.15, -0.1) is 0 Å². The first-order valence-electron chi connectivity index (χ1n) is 8.76. The van der Waals surface area contributed by atoms with Crippen LogP contribution < -0.4 is 0 Å². The molecule has 0 aromatic heterocycles. The lowest BCUT2D eigenvalue weighted by Crippen LogP contribution is -2.53. The smallest absolute Gasteiger partial charge is 0.320 e. The fourth-order valence-corrected chi connectivity index (χ4v) is 4.39. The number of amides is 2. The molecule has 1 atom stereocenters. The predicted molar refractivity (Wildman–Crippen MR) is 118 cm³/mol. The monoisotopic (exact) mass is 532 g/mol. The van der Waals surface area contributed by atoms with Crippen LogP contribution in [0.15, 0.2) is 42.5 Å². The Balaban J connectivity index is 1.82. The molecule has 0 bridgehead atoms. The molecule has 0 radical (unpaired) electrons. The molecule has 1 fully saturated rings. The standard InChI is InChI=1S/C20H19Cl2IN2O3/c21-16-6-5-14(17(22)8-16)11-24-9-13(7-19(26)27)10-25(20(24)28)12-15-3-1-2-4-18(15)23/h1-6,8,13H,7,9-12H2,(H,26,27). The van der Waals surface area contributed by atoms with Gasteiger partial charge in [-0.3, -0.25) is 4.79 Å². The predicted octanol–water partition coefficient (Wildman–Crippen LogP) is 5.13. The molecule has 2 aromatic carbocycles. The van der Waals surface area contributed by atoms with Gasteiger partial charge in [0.2, 0.25) is 0 Å². The molecule has 0 saturated carbocycles. The number of benzene rings is 2. The van der Waals surface area contributed by atoms with Gasteiger partial charge >= 0.3 is 12.0 Å². The summed E-state index contributed by atoms with van der Waals surface area (Å²) < 4.78 is 1.07. The summed E-state index contributed by atoms with van der Waals surface area (Å²) in [5, 5.41) is 10.3. The Morgan fingerprint density at radius 3 is 2.32 bits per heavy atom. The molecule has 8 heteroatoms. The van der Waals surface area contributed by atoms with E-state index in [-0.39, 0.29) is 18.4 Å². The van der Waals surface area contributed by atoms with Crippen molar-refractivity contribution in [3.63, 3.8) is 0 Å². The summed E-state index contributed by atoms with van der Waals surface area (Å²) >= 11 is 14.5. The Kier molecular flexibility index (Phi) is 7.06. The molecular weight excluding hydrogens is 514 g/mol. The number of rotatable bonds is 6. The maximum absolute atomic E-state index is 13.1. The summed E-state index contributed by atoms with van der Waals surface area (Å²) in [5.74, 6) is -1.01. The lowest BCUT2D eigenvalue weighted by atomic mass is 10.0. The molecule has 1 unspecified atom stereocenters. The number of aliphatic carboxylic acids is 1. The molecule has 1 saturated heterocycles. The average Bonchev–Trinajstić information content (AvgIpc) is 2.62. The van der Waals surface area contributed by atoms with Crippen molar-refractivity contribution in [1.29, 1.82) is 0 Å². The third kappa shape index (κ3) is 5.30. The van der Waals surface area contributed by atoms with Crippen molar-refractivity contribution in [2.75, 3.05) is 13.1 Å². The highest BCUT2D eigenvalue weighted by molar-refractivity contribution is 14.1. The van der Waals surface area contributed by atoms with Crippen LogP contribution in [-0.4, -0.2) is 40.0 Å². The van der Waals surface area contributed by atoms with Crippen LogP contribution in [0.2, 0.25) is 10.0 Å². The number of hydrogen-bond acceptors (Lipinski definition) is 2. The lowest BCUT2D eigenvalue weighted by molar-refractivity contribution is -0.138. The maximum atomic E-state index is 13.1. The van der Waals surface area contributed by atoms with Crippen molar-refractivity contribution >= 4 is 57.8 Å². The number of carbonyl (C=O) groups excluding carboxylic acids is 1. The highest BCUT2D eigenvalue weighted by Crippen LogP contribution is 2.27. The quantitative estimate of drug-likeness (QED) is 0.525. The third-order valence-corrected chi connectivity index (χ3v) is 6.30. The zero-order chi connectivity index (χ0) is 20.3. The first kappa shape index (κ1) is 21.2. The first-order valence-corrected chi connectivity index (χ1v) is 10.6. The van der Waals surface area contributed by atoms with Crippen LogP contribution in [0.3, 0.4) is 0 Å². The number of halogens is 3. The molecule has 5 nitrogen and oxygen atoms in total. The molecule has 1 heterocycles. The van der Waals surface area contributed by atoms with Crippen LogP contribution in [-0.2, 0) is 17.9 Å².